The van der Waals surface area contributed by atoms with Crippen LogP contribution in [-0.2, 0) is 11.3 Å². The molecule has 0 fully saturated rings. The van der Waals surface area contributed by atoms with E-state index in [9.17, 15) is 0 Å². The molecule has 3 heteroatoms. The van der Waals surface area contributed by atoms with Gasteiger partial charge in [-0.3, -0.25) is 0 Å². The fourth-order valence-electron chi connectivity index (χ4n) is 1.48. The lowest BCUT2D eigenvalue weighted by Crippen LogP contribution is -1.89. The SMILES string of the molecule is CCOCc1c[nH]c2ccc(Cl)cc12. The number of aromatic amines is 1. The molecule has 0 atom stereocenters. The van der Waals surface area contributed by atoms with Gasteiger partial charge >= 0.3 is 0 Å². The van der Waals surface area contributed by atoms with E-state index in [0.717, 1.165) is 28.1 Å². The maximum Gasteiger partial charge on any atom is 0.0737 e. The number of hydrogen-bond donors (Lipinski definition) is 1. The zero-order valence-electron chi connectivity index (χ0n) is 8.01. The smallest absolute Gasteiger partial charge is 0.0737 e. The Morgan fingerprint density at radius 3 is 3.07 bits per heavy atom. The first-order valence-corrected chi connectivity index (χ1v) is 5.02. The first-order chi connectivity index (χ1) is 6.81. The maximum absolute atomic E-state index is 5.93. The molecule has 0 aliphatic heterocycles. The quantitative estimate of drug-likeness (QED) is 0.824. The second-order valence-electron chi connectivity index (χ2n) is 3.14. The summed E-state index contributed by atoms with van der Waals surface area (Å²) in [6.07, 6.45) is 1.97. The predicted molar refractivity (Wildman–Crippen MR) is 58.6 cm³/mol. The number of fused-ring (bicyclic) bond motifs is 1. The van der Waals surface area contributed by atoms with Crippen LogP contribution in [0.4, 0.5) is 0 Å². The number of H-pyrrole nitrogens is 1. The number of hydrogen-bond acceptors (Lipinski definition) is 1. The lowest BCUT2D eigenvalue weighted by Gasteiger charge is -1.99. The minimum atomic E-state index is 0.636. The molecular weight excluding hydrogens is 198 g/mol. The Labute approximate surface area is 87.8 Å². The Morgan fingerprint density at radius 1 is 1.43 bits per heavy atom. The van der Waals surface area contributed by atoms with Gasteiger partial charge in [-0.25, -0.2) is 0 Å². The summed E-state index contributed by atoms with van der Waals surface area (Å²) in [5.74, 6) is 0. The van der Waals surface area contributed by atoms with Crippen LogP contribution in [0.15, 0.2) is 24.4 Å². The van der Waals surface area contributed by atoms with E-state index in [1.807, 2.05) is 31.3 Å². The third-order valence-electron chi connectivity index (χ3n) is 2.19. The molecule has 1 N–H and O–H groups in total. The van der Waals surface area contributed by atoms with E-state index in [2.05, 4.69) is 4.98 Å². The average Bonchev–Trinajstić information content (AvgIpc) is 2.57. The van der Waals surface area contributed by atoms with Crippen molar-refractivity contribution in [3.05, 3.63) is 35.0 Å². The predicted octanol–water partition coefficient (Wildman–Crippen LogP) is 3.36. The molecule has 0 saturated heterocycles. The molecule has 1 heterocycles. The largest absolute Gasteiger partial charge is 0.377 e. The highest BCUT2D eigenvalue weighted by atomic mass is 35.5. The third-order valence-corrected chi connectivity index (χ3v) is 2.43. The number of rotatable bonds is 3. The molecule has 74 valence electrons. The monoisotopic (exact) mass is 209 g/mol. The summed E-state index contributed by atoms with van der Waals surface area (Å²) >= 11 is 5.93. The minimum absolute atomic E-state index is 0.636. The van der Waals surface area contributed by atoms with Crippen LogP contribution in [-0.4, -0.2) is 11.6 Å². The molecule has 0 bridgehead atoms. The molecule has 0 spiro atoms. The van der Waals surface area contributed by atoms with Crippen LogP contribution >= 0.6 is 11.6 Å². The second kappa shape index (κ2) is 4.03. The number of ether oxygens (including phenoxy) is 1. The van der Waals surface area contributed by atoms with Crippen molar-refractivity contribution >= 4 is 22.5 Å². The van der Waals surface area contributed by atoms with Crippen molar-refractivity contribution in [3.8, 4) is 0 Å². The van der Waals surface area contributed by atoms with E-state index >= 15 is 0 Å². The Bertz CT molecular complexity index is 436. The summed E-state index contributed by atoms with van der Waals surface area (Å²) in [4.78, 5) is 3.19. The third kappa shape index (κ3) is 1.76. The topological polar surface area (TPSA) is 25.0 Å². The standard InChI is InChI=1S/C11H12ClNO/c1-2-14-7-8-6-13-11-4-3-9(12)5-10(8)11/h3-6,13H,2,7H2,1H3. The van der Waals surface area contributed by atoms with Crippen LogP contribution in [0.5, 0.6) is 0 Å². The van der Waals surface area contributed by atoms with Crippen LogP contribution in [0.25, 0.3) is 10.9 Å². The number of benzene rings is 1. The first kappa shape index (κ1) is 9.56. The number of halogens is 1. The molecule has 2 rings (SSSR count). The van der Waals surface area contributed by atoms with Crippen molar-refractivity contribution in [2.45, 2.75) is 13.5 Å². The van der Waals surface area contributed by atoms with E-state index in [-0.39, 0.29) is 0 Å². The van der Waals surface area contributed by atoms with E-state index < -0.39 is 0 Å². The molecule has 0 unspecified atom stereocenters. The molecule has 0 aliphatic rings. The molecule has 0 amide bonds. The highest BCUT2D eigenvalue weighted by Crippen LogP contribution is 2.22. The lowest BCUT2D eigenvalue weighted by molar-refractivity contribution is 0.135. The zero-order chi connectivity index (χ0) is 9.97. The van der Waals surface area contributed by atoms with Crippen LogP contribution in [0, 0.1) is 0 Å². The van der Waals surface area contributed by atoms with Gasteiger partial charge in [-0.1, -0.05) is 11.6 Å². The maximum atomic E-state index is 5.93. The highest BCUT2D eigenvalue weighted by Gasteiger charge is 2.03. The molecular formula is C11H12ClNO. The van der Waals surface area contributed by atoms with Crippen molar-refractivity contribution in [2.75, 3.05) is 6.61 Å². The van der Waals surface area contributed by atoms with E-state index in [1.165, 1.54) is 0 Å². The van der Waals surface area contributed by atoms with Crippen LogP contribution in [0.3, 0.4) is 0 Å². The normalized spacial score (nSPS) is 11.0. The molecule has 0 radical (unpaired) electrons. The average molecular weight is 210 g/mol. The summed E-state index contributed by atoms with van der Waals surface area (Å²) < 4.78 is 5.36. The fourth-order valence-corrected chi connectivity index (χ4v) is 1.65. The molecule has 0 aliphatic carbocycles. The van der Waals surface area contributed by atoms with Crippen molar-refractivity contribution in [1.82, 2.24) is 4.98 Å². The fraction of sp³-hybridized carbons (Fsp3) is 0.273. The molecule has 14 heavy (non-hydrogen) atoms. The Kier molecular flexibility index (Phi) is 2.75. The second-order valence-corrected chi connectivity index (χ2v) is 3.58. The van der Waals surface area contributed by atoms with Crippen LogP contribution in [0.2, 0.25) is 5.02 Å². The van der Waals surface area contributed by atoms with Crippen molar-refractivity contribution < 1.29 is 4.74 Å². The lowest BCUT2D eigenvalue weighted by atomic mass is 10.2. The summed E-state index contributed by atoms with van der Waals surface area (Å²) in [6, 6.07) is 5.82. The van der Waals surface area contributed by atoms with Gasteiger partial charge in [0.2, 0.25) is 0 Å². The summed E-state index contributed by atoms with van der Waals surface area (Å²) in [6.45, 7) is 3.35. The number of nitrogens with one attached hydrogen (secondary N) is 1. The molecule has 1 aromatic carbocycles. The van der Waals surface area contributed by atoms with Gasteiger partial charge in [0.15, 0.2) is 0 Å². The Balaban J connectivity index is 2.40. The Morgan fingerprint density at radius 2 is 2.29 bits per heavy atom. The van der Waals surface area contributed by atoms with Crippen LogP contribution < -0.4 is 0 Å². The molecule has 1 aromatic heterocycles. The van der Waals surface area contributed by atoms with E-state index in [0.29, 0.717) is 6.61 Å². The van der Waals surface area contributed by atoms with Crippen molar-refractivity contribution in [3.63, 3.8) is 0 Å². The Hall–Kier alpha value is -0.990. The summed E-state index contributed by atoms with van der Waals surface area (Å²) in [5, 5.41) is 1.90. The summed E-state index contributed by atoms with van der Waals surface area (Å²) in [5.41, 5.74) is 2.26. The van der Waals surface area contributed by atoms with Gasteiger partial charge in [0.05, 0.1) is 6.61 Å². The van der Waals surface area contributed by atoms with E-state index in [1.54, 1.807) is 0 Å². The molecule has 0 saturated carbocycles. The molecule has 2 aromatic rings. The van der Waals surface area contributed by atoms with Crippen LogP contribution in [0.1, 0.15) is 12.5 Å². The van der Waals surface area contributed by atoms with Gasteiger partial charge in [0.25, 0.3) is 0 Å². The minimum Gasteiger partial charge on any atom is -0.377 e. The summed E-state index contributed by atoms with van der Waals surface area (Å²) in [7, 11) is 0. The van der Waals surface area contributed by atoms with Gasteiger partial charge in [-0.05, 0) is 25.1 Å². The van der Waals surface area contributed by atoms with Gasteiger partial charge in [-0.15, -0.1) is 0 Å². The first-order valence-electron chi connectivity index (χ1n) is 4.64. The van der Waals surface area contributed by atoms with Gasteiger partial charge in [-0.2, -0.15) is 0 Å². The van der Waals surface area contributed by atoms with Gasteiger partial charge in [0, 0.05) is 34.3 Å². The van der Waals surface area contributed by atoms with E-state index in [4.69, 9.17) is 16.3 Å². The van der Waals surface area contributed by atoms with Crippen molar-refractivity contribution in [1.29, 1.82) is 0 Å². The van der Waals surface area contributed by atoms with Gasteiger partial charge in [0.1, 0.15) is 0 Å². The van der Waals surface area contributed by atoms with Crippen molar-refractivity contribution in [2.24, 2.45) is 0 Å². The molecule has 2 nitrogen and oxygen atoms in total. The highest BCUT2D eigenvalue weighted by molar-refractivity contribution is 6.31. The number of aromatic nitrogens is 1. The zero-order valence-corrected chi connectivity index (χ0v) is 8.77. The van der Waals surface area contributed by atoms with Gasteiger partial charge < -0.3 is 9.72 Å².